The fraction of sp³-hybridized carbons (Fsp3) is 0. The van der Waals surface area contributed by atoms with E-state index in [2.05, 4.69) is 0 Å². The third kappa shape index (κ3) is 403. The van der Waals surface area contributed by atoms with Crippen molar-refractivity contribution >= 4 is 37.7 Å². The van der Waals surface area contributed by atoms with Crippen molar-refractivity contribution in [3.8, 4) is 0 Å². The predicted molar refractivity (Wildman–Crippen MR) is 20.2 cm³/mol. The summed E-state index contributed by atoms with van der Waals surface area (Å²) in [6, 6.07) is 0. The summed E-state index contributed by atoms with van der Waals surface area (Å²) in [5, 5.41) is 0. The molecule has 0 aromatic rings. The van der Waals surface area contributed by atoms with Crippen molar-refractivity contribution < 1.29 is 62.1 Å². The Bertz CT molecular complexity index is 261. The molecule has 0 aliphatic carbocycles. The van der Waals surface area contributed by atoms with Crippen LogP contribution in [-0.4, -0.2) is 53.0 Å². The van der Waals surface area contributed by atoms with Crippen molar-refractivity contribution in [3.05, 3.63) is 0 Å². The van der Waals surface area contributed by atoms with E-state index in [1.54, 1.807) is 0 Å². The zero-order valence-corrected chi connectivity index (χ0v) is 7.58. The van der Waals surface area contributed by atoms with Gasteiger partial charge < -0.3 is 0 Å². The summed E-state index contributed by atoms with van der Waals surface area (Å²) in [4.78, 5) is 0. The molecule has 0 saturated carbocycles. The molecule has 0 radical (unpaired) electrons. The topological polar surface area (TPSA) is 149 Å². The fourth-order valence-electron chi connectivity index (χ4n) is 0. The molecule has 0 saturated heterocycles. The monoisotopic (exact) mass is 324 g/mol. The van der Waals surface area contributed by atoms with E-state index < -0.39 is 32.8 Å². The molecule has 0 aliphatic heterocycles. The Balaban J connectivity index is -0.000000114. The Kier molecular flexibility index (Phi) is 10.3. The molecule has 0 spiro atoms. The van der Waals surface area contributed by atoms with E-state index >= 15 is 0 Å². The van der Waals surface area contributed by atoms with Crippen LogP contribution in [0.15, 0.2) is 0 Å². The fourth-order valence-corrected chi connectivity index (χ4v) is 0. The summed E-state index contributed by atoms with van der Waals surface area (Å²) >= 11 is -10.8. The van der Waals surface area contributed by atoms with Crippen LogP contribution in [0, 0.1) is 0 Å². The maximum atomic E-state index is 8.86. The van der Waals surface area contributed by atoms with E-state index in [0.29, 0.717) is 0 Å². The Hall–Kier alpha value is 1.64. The normalized spacial score (nSPS) is 12.5. The summed E-state index contributed by atoms with van der Waals surface area (Å²) in [5.41, 5.74) is 0. The summed E-state index contributed by atoms with van der Waals surface area (Å²) in [5.74, 6) is 0. The molecule has 0 rings (SSSR count). The first kappa shape index (κ1) is 18.4. The quantitative estimate of drug-likeness (QED) is 0.334. The summed E-state index contributed by atoms with van der Waals surface area (Å²) in [6.45, 7) is 0. The van der Waals surface area contributed by atoms with Crippen LogP contribution < -0.4 is 0 Å². The van der Waals surface area contributed by atoms with Crippen LogP contribution in [0.25, 0.3) is 0 Å². The SMILES string of the molecule is [CaH2].[O]=[Ru](=[O])(=[O])([OH])[OH].[O]=[Ti]([OH])[OH]. The molecule has 0 heterocycles. The van der Waals surface area contributed by atoms with Crippen molar-refractivity contribution in [1.82, 2.24) is 0 Å². The van der Waals surface area contributed by atoms with Gasteiger partial charge in [0.05, 0.1) is 0 Å². The molecular weight excluding hydrogens is 317 g/mol. The third-order valence-corrected chi connectivity index (χ3v) is 0. The molecular formula is H6CaO8RuTi. The molecule has 0 aliphatic rings. The second-order valence-electron chi connectivity index (χ2n) is 0.917. The zero-order chi connectivity index (χ0) is 9.02. The molecule has 0 unspecified atom stereocenters. The first-order chi connectivity index (χ1) is 3.97. The Labute approximate surface area is 98.3 Å². The van der Waals surface area contributed by atoms with Gasteiger partial charge in [-0.2, -0.15) is 0 Å². The van der Waals surface area contributed by atoms with Crippen LogP contribution in [0.1, 0.15) is 0 Å². The Morgan fingerprint density at radius 3 is 1.00 bits per heavy atom. The third-order valence-electron chi connectivity index (χ3n) is 0. The van der Waals surface area contributed by atoms with Crippen LogP contribution in [0.2, 0.25) is 0 Å². The predicted octanol–water partition coefficient (Wildman–Crippen LogP) is -3.62. The van der Waals surface area contributed by atoms with Crippen molar-refractivity contribution in [2.45, 2.75) is 0 Å². The first-order valence-corrected chi connectivity index (χ1v) is 7.12. The second kappa shape index (κ2) is 6.15. The van der Waals surface area contributed by atoms with Crippen LogP contribution in [0.4, 0.5) is 0 Å². The summed E-state index contributed by atoms with van der Waals surface area (Å²) in [7, 11) is 0. The van der Waals surface area contributed by atoms with Crippen molar-refractivity contribution in [2.75, 3.05) is 0 Å². The van der Waals surface area contributed by atoms with Crippen LogP contribution >= 0.6 is 0 Å². The number of hydrogen-bond acceptors (Lipinski definition) is 4. The van der Waals surface area contributed by atoms with Crippen LogP contribution in [-0.2, 0) is 46.8 Å². The minimum atomic E-state index is -7.22. The molecule has 0 fully saturated rings. The maximum absolute atomic E-state index is 8.86. The average Bonchev–Trinajstić information content (AvgIpc) is 1.14. The van der Waals surface area contributed by atoms with Gasteiger partial charge in [0.2, 0.25) is 0 Å². The van der Waals surface area contributed by atoms with E-state index in [1.807, 2.05) is 0 Å². The molecule has 4 N–H and O–H groups in total. The van der Waals surface area contributed by atoms with E-state index in [0.717, 1.165) is 0 Å². The van der Waals surface area contributed by atoms with E-state index in [9.17, 15) is 0 Å². The zero-order valence-electron chi connectivity index (χ0n) is 4.28. The van der Waals surface area contributed by atoms with Gasteiger partial charge in [-0.25, -0.2) is 0 Å². The van der Waals surface area contributed by atoms with Crippen LogP contribution in [0.5, 0.6) is 0 Å². The average molecular weight is 323 g/mol. The summed E-state index contributed by atoms with van der Waals surface area (Å²) in [6.07, 6.45) is 0. The van der Waals surface area contributed by atoms with Crippen molar-refractivity contribution in [1.29, 1.82) is 0 Å². The standard InChI is InChI=1S/Ca.4H2O.4O.Ru.Ti.2H/h;4*1H2;;;;;;;;/q;;;;;;;;;2*+2;;/p-4. The van der Waals surface area contributed by atoms with E-state index in [1.165, 1.54) is 0 Å². The molecule has 11 heavy (non-hydrogen) atoms. The molecule has 0 aromatic heterocycles. The minimum absolute atomic E-state index is 0. The Morgan fingerprint density at radius 2 is 1.00 bits per heavy atom. The van der Waals surface area contributed by atoms with Crippen molar-refractivity contribution in [3.63, 3.8) is 0 Å². The molecule has 0 bridgehead atoms. The van der Waals surface area contributed by atoms with Gasteiger partial charge in [-0.05, 0) is 0 Å². The molecule has 0 atom stereocenters. The molecule has 0 aromatic carbocycles. The molecule has 68 valence electrons. The van der Waals surface area contributed by atoms with Gasteiger partial charge in [0.25, 0.3) is 0 Å². The molecule has 0 amide bonds. The number of rotatable bonds is 0. The van der Waals surface area contributed by atoms with Gasteiger partial charge in [-0.3, -0.25) is 0 Å². The van der Waals surface area contributed by atoms with Gasteiger partial charge in [0.15, 0.2) is 0 Å². The molecule has 8 nitrogen and oxygen atoms in total. The van der Waals surface area contributed by atoms with Gasteiger partial charge in [-0.15, -0.1) is 0 Å². The number of hydrogen-bond donors (Lipinski definition) is 4. The van der Waals surface area contributed by atoms with E-state index in [4.69, 9.17) is 29.3 Å². The Morgan fingerprint density at radius 1 is 1.00 bits per heavy atom. The van der Waals surface area contributed by atoms with Gasteiger partial charge in [0.1, 0.15) is 0 Å². The van der Waals surface area contributed by atoms with Gasteiger partial charge >= 0.3 is 99.8 Å². The van der Waals surface area contributed by atoms with Crippen LogP contribution in [0.3, 0.4) is 0 Å². The van der Waals surface area contributed by atoms with Crippen molar-refractivity contribution in [2.24, 2.45) is 0 Å². The van der Waals surface area contributed by atoms with E-state index in [-0.39, 0.29) is 37.7 Å². The summed E-state index contributed by atoms with van der Waals surface area (Å²) < 4.78 is 63.9. The van der Waals surface area contributed by atoms with Gasteiger partial charge in [0, 0.05) is 0 Å². The first-order valence-electron chi connectivity index (χ1n) is 1.40. The second-order valence-corrected chi connectivity index (χ2v) is 4.92. The van der Waals surface area contributed by atoms with Gasteiger partial charge in [-0.1, -0.05) is 0 Å². The molecule has 11 heteroatoms.